The first-order valence-electron chi connectivity index (χ1n) is 3.42. The summed E-state index contributed by atoms with van der Waals surface area (Å²) in [7, 11) is 3.97. The molecular formula is C8H15NS. The fraction of sp³-hybridized carbons (Fsp3) is 0.625. The summed E-state index contributed by atoms with van der Waals surface area (Å²) >= 11 is 5.08. The van der Waals surface area contributed by atoms with E-state index in [1.807, 2.05) is 31.3 Å². The summed E-state index contributed by atoms with van der Waals surface area (Å²) < 4.78 is 0. The summed E-state index contributed by atoms with van der Waals surface area (Å²) in [6.45, 7) is 4.20. The summed E-state index contributed by atoms with van der Waals surface area (Å²) in [5.41, 5.74) is 0. The maximum Gasteiger partial charge on any atom is 0.0192 e. The molecule has 58 valence electrons. The van der Waals surface area contributed by atoms with Crippen molar-refractivity contribution in [2.75, 3.05) is 14.1 Å². The molecule has 0 saturated heterocycles. The second-order valence-electron chi connectivity index (χ2n) is 2.84. The van der Waals surface area contributed by atoms with Gasteiger partial charge in [-0.25, -0.2) is 0 Å². The average molecular weight is 157 g/mol. The zero-order valence-corrected chi connectivity index (χ0v) is 7.90. The molecule has 0 bridgehead atoms. The fourth-order valence-electron chi connectivity index (χ4n) is 0.415. The van der Waals surface area contributed by atoms with Crippen LogP contribution in [0.3, 0.4) is 0 Å². The molecule has 0 aliphatic rings. The van der Waals surface area contributed by atoms with Crippen LogP contribution >= 0.6 is 12.2 Å². The van der Waals surface area contributed by atoms with E-state index in [1.165, 1.54) is 0 Å². The zero-order valence-electron chi connectivity index (χ0n) is 7.09. The molecule has 0 aromatic rings. The van der Waals surface area contributed by atoms with E-state index in [4.69, 9.17) is 12.2 Å². The van der Waals surface area contributed by atoms with Crippen molar-refractivity contribution in [2.45, 2.75) is 13.8 Å². The Labute approximate surface area is 68.7 Å². The third kappa shape index (κ3) is 4.50. The molecule has 0 rings (SSSR count). The van der Waals surface area contributed by atoms with E-state index < -0.39 is 0 Å². The topological polar surface area (TPSA) is 3.24 Å². The van der Waals surface area contributed by atoms with Gasteiger partial charge in [0, 0.05) is 19.0 Å². The minimum atomic E-state index is 0.478. The van der Waals surface area contributed by atoms with Gasteiger partial charge in [0.1, 0.15) is 0 Å². The van der Waals surface area contributed by atoms with E-state index >= 15 is 0 Å². The van der Waals surface area contributed by atoms with Crippen LogP contribution in [-0.4, -0.2) is 23.9 Å². The predicted molar refractivity (Wildman–Crippen MR) is 50.3 cm³/mol. The Morgan fingerprint density at radius 3 is 2.20 bits per heavy atom. The summed E-state index contributed by atoms with van der Waals surface area (Å²) in [5, 5.41) is 0. The first-order chi connectivity index (χ1) is 4.54. The summed E-state index contributed by atoms with van der Waals surface area (Å²) in [6, 6.07) is 0. The molecule has 1 nitrogen and oxygen atoms in total. The highest BCUT2D eigenvalue weighted by molar-refractivity contribution is 7.80. The molecule has 0 spiro atoms. The Morgan fingerprint density at radius 1 is 1.40 bits per heavy atom. The Bertz CT molecular complexity index is 136. The average Bonchev–Trinajstić information content (AvgIpc) is 1.82. The van der Waals surface area contributed by atoms with Crippen LogP contribution in [0.1, 0.15) is 13.8 Å². The number of rotatable bonds is 3. The highest BCUT2D eigenvalue weighted by atomic mass is 32.1. The third-order valence-corrected chi connectivity index (χ3v) is 1.71. The van der Waals surface area contributed by atoms with Gasteiger partial charge in [0.2, 0.25) is 0 Å². The van der Waals surface area contributed by atoms with Gasteiger partial charge in [0.05, 0.1) is 0 Å². The molecule has 2 heteroatoms. The first kappa shape index (κ1) is 9.63. The van der Waals surface area contributed by atoms with Crippen molar-refractivity contribution in [2.24, 2.45) is 5.92 Å². The van der Waals surface area contributed by atoms with Crippen molar-refractivity contribution in [3.63, 3.8) is 0 Å². The Hall–Kier alpha value is -0.370. The highest BCUT2D eigenvalue weighted by Crippen LogP contribution is 1.98. The lowest BCUT2D eigenvalue weighted by Gasteiger charge is -2.05. The van der Waals surface area contributed by atoms with Gasteiger partial charge in [-0.15, -0.1) is 0 Å². The van der Waals surface area contributed by atoms with E-state index in [0.717, 1.165) is 4.86 Å². The van der Waals surface area contributed by atoms with Crippen LogP contribution in [0.5, 0.6) is 0 Å². The SMILES string of the molecule is CC(C)C(=S)/C=C/N(C)C. The molecule has 0 aliphatic heterocycles. The van der Waals surface area contributed by atoms with E-state index in [0.29, 0.717) is 5.92 Å². The van der Waals surface area contributed by atoms with Gasteiger partial charge in [-0.1, -0.05) is 26.1 Å². The Kier molecular flexibility index (Phi) is 4.28. The smallest absolute Gasteiger partial charge is 0.0192 e. The van der Waals surface area contributed by atoms with Crippen molar-refractivity contribution in [3.05, 3.63) is 12.3 Å². The number of nitrogens with zero attached hydrogens (tertiary/aromatic N) is 1. The quantitative estimate of drug-likeness (QED) is 0.456. The highest BCUT2D eigenvalue weighted by Gasteiger charge is 1.95. The van der Waals surface area contributed by atoms with Crippen LogP contribution in [0.4, 0.5) is 0 Å². The van der Waals surface area contributed by atoms with Crippen molar-refractivity contribution in [3.8, 4) is 0 Å². The fourth-order valence-corrected chi connectivity index (χ4v) is 0.476. The van der Waals surface area contributed by atoms with E-state index in [9.17, 15) is 0 Å². The van der Waals surface area contributed by atoms with Crippen LogP contribution in [0.2, 0.25) is 0 Å². The standard InChI is InChI=1S/C8H15NS/c1-7(2)8(10)5-6-9(3)4/h5-7H,1-4H3/b6-5+. The van der Waals surface area contributed by atoms with Crippen LogP contribution in [0.25, 0.3) is 0 Å². The number of thiocarbonyl (C=S) groups is 1. The van der Waals surface area contributed by atoms with E-state index in [-0.39, 0.29) is 0 Å². The monoisotopic (exact) mass is 157 g/mol. The molecule has 0 heterocycles. The van der Waals surface area contributed by atoms with Gasteiger partial charge in [0.25, 0.3) is 0 Å². The third-order valence-electron chi connectivity index (χ3n) is 1.11. The van der Waals surface area contributed by atoms with Crippen LogP contribution in [0, 0.1) is 5.92 Å². The van der Waals surface area contributed by atoms with Crippen LogP contribution in [-0.2, 0) is 0 Å². The molecule has 0 radical (unpaired) electrons. The van der Waals surface area contributed by atoms with Gasteiger partial charge in [-0.3, -0.25) is 0 Å². The molecule has 0 saturated carbocycles. The number of hydrogen-bond acceptors (Lipinski definition) is 2. The van der Waals surface area contributed by atoms with Crippen LogP contribution < -0.4 is 0 Å². The largest absolute Gasteiger partial charge is 0.383 e. The Balaban J connectivity index is 3.79. The minimum absolute atomic E-state index is 0.478. The zero-order chi connectivity index (χ0) is 8.15. The van der Waals surface area contributed by atoms with Crippen LogP contribution in [0.15, 0.2) is 12.3 Å². The van der Waals surface area contributed by atoms with Gasteiger partial charge < -0.3 is 4.90 Å². The molecule has 0 fully saturated rings. The lowest BCUT2D eigenvalue weighted by atomic mass is 10.1. The second-order valence-corrected chi connectivity index (χ2v) is 3.31. The summed E-state index contributed by atoms with van der Waals surface area (Å²) in [4.78, 5) is 2.99. The minimum Gasteiger partial charge on any atom is -0.383 e. The predicted octanol–water partition coefficient (Wildman–Crippen LogP) is 2.09. The van der Waals surface area contributed by atoms with Crippen molar-refractivity contribution in [1.82, 2.24) is 4.90 Å². The molecule has 0 amide bonds. The van der Waals surface area contributed by atoms with E-state index in [1.54, 1.807) is 0 Å². The van der Waals surface area contributed by atoms with Gasteiger partial charge in [-0.05, 0) is 18.2 Å². The molecular weight excluding hydrogens is 142 g/mol. The van der Waals surface area contributed by atoms with Crippen molar-refractivity contribution < 1.29 is 0 Å². The number of allylic oxidation sites excluding steroid dienone is 1. The number of hydrogen-bond donors (Lipinski definition) is 0. The molecule has 0 unspecified atom stereocenters. The van der Waals surface area contributed by atoms with E-state index in [2.05, 4.69) is 13.8 Å². The summed E-state index contributed by atoms with van der Waals surface area (Å²) in [6.07, 6.45) is 3.95. The molecule has 0 aromatic heterocycles. The Morgan fingerprint density at radius 2 is 1.90 bits per heavy atom. The maximum atomic E-state index is 5.08. The molecule has 0 atom stereocenters. The summed E-state index contributed by atoms with van der Waals surface area (Å²) in [5.74, 6) is 0.478. The lowest BCUT2D eigenvalue weighted by Crippen LogP contribution is -2.05. The first-order valence-corrected chi connectivity index (χ1v) is 3.83. The molecule has 0 aliphatic carbocycles. The maximum absolute atomic E-state index is 5.08. The molecule has 0 N–H and O–H groups in total. The van der Waals surface area contributed by atoms with Gasteiger partial charge >= 0.3 is 0 Å². The van der Waals surface area contributed by atoms with Gasteiger partial charge in [-0.2, -0.15) is 0 Å². The van der Waals surface area contributed by atoms with Crippen molar-refractivity contribution in [1.29, 1.82) is 0 Å². The van der Waals surface area contributed by atoms with Crippen molar-refractivity contribution >= 4 is 17.1 Å². The normalized spacial score (nSPS) is 10.9. The molecule has 10 heavy (non-hydrogen) atoms. The van der Waals surface area contributed by atoms with Gasteiger partial charge in [0.15, 0.2) is 0 Å². The molecule has 0 aromatic carbocycles. The lowest BCUT2D eigenvalue weighted by molar-refractivity contribution is 0.564. The second kappa shape index (κ2) is 4.45.